The Kier molecular flexibility index (Phi) is 2.47. The van der Waals surface area contributed by atoms with Crippen molar-refractivity contribution in [2.75, 3.05) is 0 Å². The summed E-state index contributed by atoms with van der Waals surface area (Å²) in [5.74, 6) is -4.32. The summed E-state index contributed by atoms with van der Waals surface area (Å²) < 4.78 is 13.5. The maximum absolute atomic E-state index is 13.5. The minimum atomic E-state index is -2.91. The maximum atomic E-state index is 13.5. The quantitative estimate of drug-likeness (QED) is 0.297. The van der Waals surface area contributed by atoms with Crippen LogP contribution in [-0.4, -0.2) is 17.0 Å². The Bertz CT molecular complexity index is 315. The molecule has 0 aromatic rings. The molecular formula is C7H5ClFNO3. The normalized spacial score (nSPS) is 32.5. The second kappa shape index (κ2) is 3.26. The highest BCUT2D eigenvalue weighted by Crippen LogP contribution is 2.31. The van der Waals surface area contributed by atoms with Gasteiger partial charge in [0.1, 0.15) is 12.2 Å². The summed E-state index contributed by atoms with van der Waals surface area (Å²) in [6, 6.07) is 0. The number of carbonyl (C=O) groups excluding carboxylic acids is 1. The first-order valence-electron chi connectivity index (χ1n) is 3.36. The van der Waals surface area contributed by atoms with Crippen LogP contribution in [0.5, 0.6) is 0 Å². The Morgan fingerprint density at radius 2 is 2.38 bits per heavy atom. The number of carbonyl (C=O) groups is 1. The van der Waals surface area contributed by atoms with E-state index in [0.717, 1.165) is 6.08 Å². The fraction of sp³-hybridized carbons (Fsp3) is 0.286. The van der Waals surface area contributed by atoms with Crippen LogP contribution in [0.25, 0.3) is 0 Å². The van der Waals surface area contributed by atoms with Crippen molar-refractivity contribution in [2.24, 2.45) is 5.92 Å². The van der Waals surface area contributed by atoms with Crippen molar-refractivity contribution in [1.29, 1.82) is 0 Å². The molecule has 0 saturated carbocycles. The molecular weight excluding hydrogens is 201 g/mol. The van der Waals surface area contributed by atoms with Gasteiger partial charge in [-0.25, -0.2) is 0 Å². The number of rotatable bonds is 2. The van der Waals surface area contributed by atoms with Gasteiger partial charge in [-0.15, -0.1) is 0 Å². The summed E-state index contributed by atoms with van der Waals surface area (Å²) >= 11 is 5.38. The third kappa shape index (κ3) is 1.60. The molecule has 1 aliphatic rings. The Hall–Kier alpha value is -1.23. The largest absolute Gasteiger partial charge is 0.392 e. The molecule has 0 aromatic heterocycles. The summed E-state index contributed by atoms with van der Waals surface area (Å²) in [5, 5.41) is 10.2. The molecule has 1 aliphatic carbocycles. The van der Waals surface area contributed by atoms with Gasteiger partial charge in [0.2, 0.25) is 0 Å². The number of alkyl halides is 1. The molecule has 13 heavy (non-hydrogen) atoms. The standard InChI is InChI=1S/C7H5ClFNO3/c8-6-2-1-5(4-11)7(9,3-6)10(12)13/h1-5H. The average Bonchev–Trinajstić information content (AvgIpc) is 2.04. The SMILES string of the molecule is O=CC1C=CC(Cl)=CC1(F)[N+](=O)[O-]. The number of hydrogen-bond donors (Lipinski definition) is 0. The minimum Gasteiger partial charge on any atom is -0.302 e. The smallest absolute Gasteiger partial charge is 0.302 e. The van der Waals surface area contributed by atoms with Crippen LogP contribution in [0.3, 0.4) is 0 Å². The first kappa shape index (κ1) is 9.85. The van der Waals surface area contributed by atoms with Crippen molar-refractivity contribution < 1.29 is 14.1 Å². The highest BCUT2D eigenvalue weighted by molar-refractivity contribution is 6.31. The molecule has 0 bridgehead atoms. The second-order valence-corrected chi connectivity index (χ2v) is 2.97. The van der Waals surface area contributed by atoms with Crippen LogP contribution in [0.2, 0.25) is 0 Å². The van der Waals surface area contributed by atoms with Crippen LogP contribution >= 0.6 is 11.6 Å². The van der Waals surface area contributed by atoms with Crippen molar-refractivity contribution in [2.45, 2.75) is 5.79 Å². The van der Waals surface area contributed by atoms with Gasteiger partial charge in [0, 0.05) is 11.1 Å². The predicted molar refractivity (Wildman–Crippen MR) is 43.5 cm³/mol. The summed E-state index contributed by atoms with van der Waals surface area (Å²) in [6.45, 7) is 0. The molecule has 0 amide bonds. The first-order chi connectivity index (χ1) is 6.00. The minimum absolute atomic E-state index is 0.0858. The van der Waals surface area contributed by atoms with E-state index in [4.69, 9.17) is 11.6 Å². The molecule has 1 rings (SSSR count). The van der Waals surface area contributed by atoms with Gasteiger partial charge < -0.3 is 4.79 Å². The Balaban J connectivity index is 3.12. The van der Waals surface area contributed by atoms with Crippen molar-refractivity contribution in [3.8, 4) is 0 Å². The van der Waals surface area contributed by atoms with E-state index in [1.807, 2.05) is 0 Å². The van der Waals surface area contributed by atoms with Crippen LogP contribution in [0, 0.1) is 16.0 Å². The zero-order valence-electron chi connectivity index (χ0n) is 6.31. The molecule has 0 heterocycles. The van der Waals surface area contributed by atoms with Crippen LogP contribution in [-0.2, 0) is 4.79 Å². The number of nitrogens with zero attached hydrogens (tertiary/aromatic N) is 1. The van der Waals surface area contributed by atoms with Gasteiger partial charge in [-0.3, -0.25) is 10.1 Å². The maximum Gasteiger partial charge on any atom is 0.392 e. The van der Waals surface area contributed by atoms with E-state index in [1.165, 1.54) is 6.08 Å². The van der Waals surface area contributed by atoms with Gasteiger partial charge in [-0.1, -0.05) is 17.7 Å². The highest BCUT2D eigenvalue weighted by atomic mass is 35.5. The van der Waals surface area contributed by atoms with E-state index in [-0.39, 0.29) is 11.3 Å². The highest BCUT2D eigenvalue weighted by Gasteiger charge is 2.50. The second-order valence-electron chi connectivity index (χ2n) is 2.53. The number of aldehydes is 1. The van der Waals surface area contributed by atoms with Crippen molar-refractivity contribution >= 4 is 17.9 Å². The first-order valence-corrected chi connectivity index (χ1v) is 3.74. The molecule has 4 nitrogen and oxygen atoms in total. The molecule has 0 fully saturated rings. The molecule has 6 heteroatoms. The Morgan fingerprint density at radius 3 is 2.85 bits per heavy atom. The summed E-state index contributed by atoms with van der Waals surface area (Å²) in [6.07, 6.45) is 3.12. The number of nitro groups is 1. The molecule has 0 aromatic carbocycles. The monoisotopic (exact) mass is 205 g/mol. The third-order valence-electron chi connectivity index (χ3n) is 1.70. The van der Waals surface area contributed by atoms with Gasteiger partial charge in [0.25, 0.3) is 0 Å². The van der Waals surface area contributed by atoms with Gasteiger partial charge in [0.05, 0.1) is 4.92 Å². The zero-order valence-corrected chi connectivity index (χ0v) is 7.07. The van der Waals surface area contributed by atoms with E-state index in [0.29, 0.717) is 6.08 Å². The van der Waals surface area contributed by atoms with E-state index >= 15 is 0 Å². The third-order valence-corrected chi connectivity index (χ3v) is 1.93. The predicted octanol–water partition coefficient (Wildman–Crippen LogP) is 1.44. The van der Waals surface area contributed by atoms with E-state index in [1.54, 1.807) is 0 Å². The molecule has 0 aliphatic heterocycles. The number of allylic oxidation sites excluding steroid dienone is 2. The fourth-order valence-electron chi connectivity index (χ4n) is 0.983. The average molecular weight is 206 g/mol. The molecule has 0 saturated heterocycles. The van der Waals surface area contributed by atoms with Gasteiger partial charge in [-0.2, -0.15) is 4.39 Å². The lowest BCUT2D eigenvalue weighted by atomic mass is 9.94. The number of hydrogen-bond acceptors (Lipinski definition) is 3. The van der Waals surface area contributed by atoms with Crippen LogP contribution in [0.1, 0.15) is 0 Å². The van der Waals surface area contributed by atoms with Crippen molar-refractivity contribution in [1.82, 2.24) is 0 Å². The molecule has 0 radical (unpaired) electrons. The molecule has 2 atom stereocenters. The Morgan fingerprint density at radius 1 is 1.77 bits per heavy atom. The summed E-state index contributed by atoms with van der Waals surface area (Å²) in [4.78, 5) is 19.5. The molecule has 0 N–H and O–H groups in total. The van der Waals surface area contributed by atoms with Crippen LogP contribution in [0.15, 0.2) is 23.3 Å². The van der Waals surface area contributed by atoms with Crippen molar-refractivity contribution in [3.63, 3.8) is 0 Å². The zero-order chi connectivity index (χ0) is 10.1. The van der Waals surface area contributed by atoms with Gasteiger partial charge >= 0.3 is 5.79 Å². The lowest BCUT2D eigenvalue weighted by molar-refractivity contribution is -0.594. The summed E-state index contributed by atoms with van der Waals surface area (Å²) in [7, 11) is 0. The molecule has 70 valence electrons. The van der Waals surface area contributed by atoms with Gasteiger partial charge in [0.15, 0.2) is 0 Å². The van der Waals surface area contributed by atoms with Crippen molar-refractivity contribution in [3.05, 3.63) is 33.4 Å². The van der Waals surface area contributed by atoms with E-state index in [2.05, 4.69) is 0 Å². The fourth-order valence-corrected chi connectivity index (χ4v) is 1.21. The van der Waals surface area contributed by atoms with E-state index in [9.17, 15) is 19.3 Å². The van der Waals surface area contributed by atoms with E-state index < -0.39 is 16.6 Å². The lowest BCUT2D eigenvalue weighted by Gasteiger charge is -2.19. The van der Waals surface area contributed by atoms with Crippen LogP contribution < -0.4 is 0 Å². The Labute approximate surface area is 77.8 Å². The molecule has 0 spiro atoms. The van der Waals surface area contributed by atoms with Crippen LogP contribution in [0.4, 0.5) is 4.39 Å². The lowest BCUT2D eigenvalue weighted by Crippen LogP contribution is -2.40. The van der Waals surface area contributed by atoms with Gasteiger partial charge in [-0.05, 0) is 6.08 Å². The number of halogens is 2. The summed E-state index contributed by atoms with van der Waals surface area (Å²) in [5.41, 5.74) is 0. The topological polar surface area (TPSA) is 60.2 Å². The molecule has 2 unspecified atom stereocenters.